The van der Waals surface area contributed by atoms with E-state index < -0.39 is 6.10 Å². The molecule has 3 N–H and O–H groups in total. The molecule has 26 heavy (non-hydrogen) atoms. The molecule has 1 atom stereocenters. The highest BCUT2D eigenvalue weighted by molar-refractivity contribution is 5.93. The Kier molecular flexibility index (Phi) is 4.22. The van der Waals surface area contributed by atoms with Crippen molar-refractivity contribution in [3.63, 3.8) is 0 Å². The Balaban J connectivity index is 1.39. The second-order valence-corrected chi connectivity index (χ2v) is 6.27. The van der Waals surface area contributed by atoms with Gasteiger partial charge >= 0.3 is 0 Å². The van der Waals surface area contributed by atoms with Crippen LogP contribution in [0.2, 0.25) is 0 Å². The number of hydrogen-bond acceptors (Lipinski definition) is 5. The molecule has 0 fully saturated rings. The number of aromatic amines is 1. The number of carbonyl (C=O) groups excluding carboxylic acids is 1. The lowest BCUT2D eigenvalue weighted by molar-refractivity contribution is -0.116. The van der Waals surface area contributed by atoms with Crippen molar-refractivity contribution >= 4 is 22.6 Å². The molecule has 7 nitrogen and oxygen atoms in total. The zero-order chi connectivity index (χ0) is 18.1. The van der Waals surface area contributed by atoms with Crippen LogP contribution in [0.15, 0.2) is 36.4 Å². The van der Waals surface area contributed by atoms with Gasteiger partial charge in [-0.3, -0.25) is 4.79 Å². The number of nitrogens with zero attached hydrogens (tertiary/aromatic N) is 1. The second kappa shape index (κ2) is 6.68. The lowest BCUT2D eigenvalue weighted by Crippen LogP contribution is -2.12. The standard InChI is InChI=1S/C19H19N3O4/c1-11(23)19-21-14-5-4-13(9-15(14)22-19)20-18(24)7-3-12-2-6-16-17(8-12)26-10-25-16/h2,4-6,8-9,11,23H,3,7,10H2,1H3,(H,20,24)(H,21,22). The topological polar surface area (TPSA) is 96.5 Å². The first kappa shape index (κ1) is 16.4. The number of H-pyrrole nitrogens is 1. The first-order valence-electron chi connectivity index (χ1n) is 8.44. The van der Waals surface area contributed by atoms with Gasteiger partial charge in [0.25, 0.3) is 0 Å². The Morgan fingerprint density at radius 1 is 1.27 bits per heavy atom. The number of aryl methyl sites for hydroxylation is 1. The molecule has 1 aliphatic heterocycles. The number of aliphatic hydroxyl groups excluding tert-OH is 1. The van der Waals surface area contributed by atoms with Crippen LogP contribution < -0.4 is 14.8 Å². The molecule has 0 bridgehead atoms. The molecule has 134 valence electrons. The highest BCUT2D eigenvalue weighted by Gasteiger charge is 2.14. The van der Waals surface area contributed by atoms with Crippen LogP contribution >= 0.6 is 0 Å². The van der Waals surface area contributed by atoms with Gasteiger partial charge in [0.05, 0.1) is 11.0 Å². The average Bonchev–Trinajstić information content (AvgIpc) is 3.25. The lowest BCUT2D eigenvalue weighted by Gasteiger charge is -2.06. The van der Waals surface area contributed by atoms with Gasteiger partial charge in [0.1, 0.15) is 11.9 Å². The number of anilines is 1. The van der Waals surface area contributed by atoms with Crippen molar-refractivity contribution in [3.05, 3.63) is 47.8 Å². The summed E-state index contributed by atoms with van der Waals surface area (Å²) in [6, 6.07) is 11.1. The van der Waals surface area contributed by atoms with Crippen molar-refractivity contribution in [2.45, 2.75) is 25.9 Å². The van der Waals surface area contributed by atoms with Crippen molar-refractivity contribution in [2.24, 2.45) is 0 Å². The first-order chi connectivity index (χ1) is 12.6. The number of fused-ring (bicyclic) bond motifs is 2. The molecular weight excluding hydrogens is 334 g/mol. The summed E-state index contributed by atoms with van der Waals surface area (Å²) in [7, 11) is 0. The van der Waals surface area contributed by atoms with Crippen LogP contribution in [0.25, 0.3) is 11.0 Å². The predicted octanol–water partition coefficient (Wildman–Crippen LogP) is 2.92. The fourth-order valence-corrected chi connectivity index (χ4v) is 2.88. The molecule has 2 heterocycles. The molecular formula is C19H19N3O4. The minimum Gasteiger partial charge on any atom is -0.454 e. The van der Waals surface area contributed by atoms with Crippen molar-refractivity contribution in [3.8, 4) is 11.5 Å². The Labute approximate surface area is 150 Å². The normalized spacial score (nSPS) is 13.8. The first-order valence-corrected chi connectivity index (χ1v) is 8.44. The van der Waals surface area contributed by atoms with Crippen molar-refractivity contribution in [1.29, 1.82) is 0 Å². The summed E-state index contributed by atoms with van der Waals surface area (Å²) in [5.74, 6) is 1.90. The second-order valence-electron chi connectivity index (χ2n) is 6.27. The van der Waals surface area contributed by atoms with Crippen LogP contribution in [0.1, 0.15) is 30.8 Å². The van der Waals surface area contributed by atoms with Gasteiger partial charge in [0, 0.05) is 12.1 Å². The molecule has 2 aromatic carbocycles. The number of hydrogen-bond donors (Lipinski definition) is 3. The average molecular weight is 353 g/mol. The quantitative estimate of drug-likeness (QED) is 0.655. The molecule has 0 saturated heterocycles. The molecule has 1 aromatic heterocycles. The fraction of sp³-hybridized carbons (Fsp3) is 0.263. The lowest BCUT2D eigenvalue weighted by atomic mass is 10.1. The maximum Gasteiger partial charge on any atom is 0.231 e. The van der Waals surface area contributed by atoms with E-state index in [0.717, 1.165) is 28.1 Å². The molecule has 0 saturated carbocycles. The van der Waals surface area contributed by atoms with Crippen LogP contribution in [0.3, 0.4) is 0 Å². The highest BCUT2D eigenvalue weighted by Crippen LogP contribution is 2.32. The molecule has 1 amide bonds. The minimum absolute atomic E-state index is 0.0720. The Hall–Kier alpha value is -3.06. The smallest absolute Gasteiger partial charge is 0.231 e. The van der Waals surface area contributed by atoms with E-state index in [2.05, 4.69) is 15.3 Å². The van der Waals surface area contributed by atoms with Crippen LogP contribution in [-0.4, -0.2) is 27.8 Å². The van der Waals surface area contributed by atoms with Gasteiger partial charge in [-0.1, -0.05) is 6.07 Å². The van der Waals surface area contributed by atoms with Crippen LogP contribution in [0, 0.1) is 0 Å². The zero-order valence-corrected chi connectivity index (χ0v) is 14.3. The van der Waals surface area contributed by atoms with Crippen molar-refractivity contribution < 1.29 is 19.4 Å². The maximum absolute atomic E-state index is 12.2. The van der Waals surface area contributed by atoms with Gasteiger partial charge in [0.2, 0.25) is 12.7 Å². The third-order valence-corrected chi connectivity index (χ3v) is 4.26. The van der Waals surface area contributed by atoms with Gasteiger partial charge in [0.15, 0.2) is 11.5 Å². The SMILES string of the molecule is CC(O)c1nc2ccc(NC(=O)CCc3ccc4c(c3)OCO4)cc2[nH]1. The molecule has 1 aliphatic rings. The third kappa shape index (κ3) is 3.34. The molecule has 0 radical (unpaired) electrons. The van der Waals surface area contributed by atoms with E-state index in [1.54, 1.807) is 13.0 Å². The monoisotopic (exact) mass is 353 g/mol. The Morgan fingerprint density at radius 3 is 2.96 bits per heavy atom. The van der Waals surface area contributed by atoms with E-state index in [9.17, 15) is 9.90 Å². The predicted molar refractivity (Wildman–Crippen MR) is 96.2 cm³/mol. The molecule has 1 unspecified atom stereocenters. The van der Waals surface area contributed by atoms with E-state index in [-0.39, 0.29) is 12.7 Å². The third-order valence-electron chi connectivity index (χ3n) is 4.26. The summed E-state index contributed by atoms with van der Waals surface area (Å²) in [5, 5.41) is 12.5. The minimum atomic E-state index is -0.665. The van der Waals surface area contributed by atoms with Crippen LogP contribution in [-0.2, 0) is 11.2 Å². The van der Waals surface area contributed by atoms with Gasteiger partial charge < -0.3 is 24.9 Å². The number of imidazole rings is 1. The van der Waals surface area contributed by atoms with Gasteiger partial charge in [-0.2, -0.15) is 0 Å². The van der Waals surface area contributed by atoms with Crippen LogP contribution in [0.5, 0.6) is 11.5 Å². The summed E-state index contributed by atoms with van der Waals surface area (Å²) in [6.07, 6.45) is 0.308. The van der Waals surface area contributed by atoms with Crippen LogP contribution in [0.4, 0.5) is 5.69 Å². The Morgan fingerprint density at radius 2 is 2.12 bits per heavy atom. The molecule has 0 aliphatic carbocycles. The van der Waals surface area contributed by atoms with E-state index in [1.807, 2.05) is 30.3 Å². The summed E-state index contributed by atoms with van der Waals surface area (Å²) in [6.45, 7) is 1.89. The number of aliphatic hydroxyl groups is 1. The highest BCUT2D eigenvalue weighted by atomic mass is 16.7. The largest absolute Gasteiger partial charge is 0.454 e. The van der Waals surface area contributed by atoms with Gasteiger partial charge in [-0.15, -0.1) is 0 Å². The Bertz CT molecular complexity index is 965. The number of rotatable bonds is 5. The van der Waals surface area contributed by atoms with E-state index in [0.29, 0.717) is 24.4 Å². The number of nitrogens with one attached hydrogen (secondary N) is 2. The van der Waals surface area contributed by atoms with E-state index in [4.69, 9.17) is 9.47 Å². The summed E-state index contributed by atoms with van der Waals surface area (Å²) in [5.41, 5.74) is 3.23. The molecule has 4 rings (SSSR count). The number of ether oxygens (including phenoxy) is 2. The zero-order valence-electron chi connectivity index (χ0n) is 14.3. The number of benzene rings is 2. The summed E-state index contributed by atoms with van der Waals surface area (Å²) < 4.78 is 10.6. The van der Waals surface area contributed by atoms with Gasteiger partial charge in [-0.25, -0.2) is 4.98 Å². The fourth-order valence-electron chi connectivity index (χ4n) is 2.88. The maximum atomic E-state index is 12.2. The number of aromatic nitrogens is 2. The van der Waals surface area contributed by atoms with E-state index in [1.165, 1.54) is 0 Å². The van der Waals surface area contributed by atoms with Crippen molar-refractivity contribution in [2.75, 3.05) is 12.1 Å². The molecule has 7 heteroatoms. The van der Waals surface area contributed by atoms with Crippen molar-refractivity contribution in [1.82, 2.24) is 9.97 Å². The summed E-state index contributed by atoms with van der Waals surface area (Å²) >= 11 is 0. The number of carbonyl (C=O) groups is 1. The molecule has 3 aromatic rings. The summed E-state index contributed by atoms with van der Waals surface area (Å²) in [4.78, 5) is 19.6. The van der Waals surface area contributed by atoms with Gasteiger partial charge in [-0.05, 0) is 49.2 Å². The van der Waals surface area contributed by atoms with E-state index >= 15 is 0 Å². The number of amides is 1. The molecule has 0 spiro atoms.